The number of aryl methyl sites for hydroxylation is 1. The van der Waals surface area contributed by atoms with Crippen LogP contribution in [0.3, 0.4) is 0 Å². The highest BCUT2D eigenvalue weighted by atomic mass is 16.2. The van der Waals surface area contributed by atoms with E-state index in [1.807, 2.05) is 26.0 Å². The second kappa shape index (κ2) is 6.39. The number of nitrogens with two attached hydrogens (primary N) is 1. The van der Waals surface area contributed by atoms with Crippen LogP contribution >= 0.6 is 0 Å². The molecule has 1 aliphatic heterocycles. The lowest BCUT2D eigenvalue weighted by Gasteiger charge is -2.20. The monoisotopic (exact) mass is 324 g/mol. The topological polar surface area (TPSA) is 89.2 Å². The van der Waals surface area contributed by atoms with E-state index in [9.17, 15) is 9.59 Å². The molecule has 1 aromatic heterocycles. The number of hydrogen-bond donors (Lipinski definition) is 1. The average Bonchev–Trinajstić information content (AvgIpc) is 3.00. The minimum Gasteiger partial charge on any atom is -0.366 e. The van der Waals surface area contributed by atoms with Gasteiger partial charge in [0, 0.05) is 42.5 Å². The summed E-state index contributed by atoms with van der Waals surface area (Å²) in [5.41, 5.74) is 8.46. The van der Waals surface area contributed by atoms with Crippen molar-refractivity contribution >= 4 is 17.5 Å². The zero-order valence-electron chi connectivity index (χ0n) is 13.8. The van der Waals surface area contributed by atoms with Gasteiger partial charge in [0.1, 0.15) is 5.82 Å². The van der Waals surface area contributed by atoms with Crippen molar-refractivity contribution in [1.82, 2.24) is 9.97 Å². The molecule has 1 fully saturated rings. The standard InChI is InChI=1S/C18H20N4O2/c1-11(13-9-20-12(2)21-10-13)15-6-5-14(8-16(15)18(19)24)22-7-3-4-17(22)23/h5-6,8-11H,3-4,7H2,1-2H3,(H2,19,24)/t11-/m0/s1. The van der Waals surface area contributed by atoms with Crippen LogP contribution in [0, 0.1) is 6.92 Å². The van der Waals surface area contributed by atoms with Crippen molar-refractivity contribution in [2.75, 3.05) is 11.4 Å². The van der Waals surface area contributed by atoms with Crippen molar-refractivity contribution in [2.45, 2.75) is 32.6 Å². The van der Waals surface area contributed by atoms with E-state index in [1.54, 1.807) is 23.4 Å². The van der Waals surface area contributed by atoms with Crippen LogP contribution < -0.4 is 10.6 Å². The molecular formula is C18H20N4O2. The maximum atomic E-state index is 11.9. The van der Waals surface area contributed by atoms with E-state index in [-0.39, 0.29) is 11.8 Å². The molecule has 0 unspecified atom stereocenters. The van der Waals surface area contributed by atoms with E-state index in [0.29, 0.717) is 24.4 Å². The van der Waals surface area contributed by atoms with Crippen molar-refractivity contribution < 1.29 is 9.59 Å². The number of nitrogens with zero attached hydrogens (tertiary/aromatic N) is 3. The molecule has 24 heavy (non-hydrogen) atoms. The SMILES string of the molecule is Cc1ncc([C@H](C)c2ccc(N3CCCC3=O)cc2C(N)=O)cn1. The van der Waals surface area contributed by atoms with Gasteiger partial charge < -0.3 is 10.6 Å². The molecule has 2 N–H and O–H groups in total. The number of hydrogen-bond acceptors (Lipinski definition) is 4. The van der Waals surface area contributed by atoms with Gasteiger partial charge >= 0.3 is 0 Å². The third kappa shape index (κ3) is 2.99. The van der Waals surface area contributed by atoms with Crippen molar-refractivity contribution in [3.8, 4) is 0 Å². The molecular weight excluding hydrogens is 304 g/mol. The predicted octanol–water partition coefficient (Wildman–Crippen LogP) is 2.16. The van der Waals surface area contributed by atoms with Crippen LogP contribution in [-0.4, -0.2) is 28.3 Å². The molecule has 0 radical (unpaired) electrons. The molecule has 1 aliphatic rings. The Morgan fingerprint density at radius 3 is 2.58 bits per heavy atom. The summed E-state index contributed by atoms with van der Waals surface area (Å²) in [4.78, 5) is 34.0. The second-order valence-corrected chi connectivity index (χ2v) is 6.07. The van der Waals surface area contributed by atoms with Gasteiger partial charge in [0.25, 0.3) is 0 Å². The Bertz CT molecular complexity index is 786. The van der Waals surface area contributed by atoms with Gasteiger partial charge in [0.05, 0.1) is 0 Å². The van der Waals surface area contributed by atoms with Crippen molar-refractivity contribution in [2.24, 2.45) is 5.73 Å². The summed E-state index contributed by atoms with van der Waals surface area (Å²) < 4.78 is 0. The van der Waals surface area contributed by atoms with E-state index in [1.165, 1.54) is 0 Å². The summed E-state index contributed by atoms with van der Waals surface area (Å²) in [5, 5.41) is 0. The van der Waals surface area contributed by atoms with E-state index in [4.69, 9.17) is 5.73 Å². The number of anilines is 1. The Labute approximate surface area is 140 Å². The molecule has 124 valence electrons. The normalized spacial score (nSPS) is 15.6. The fourth-order valence-electron chi connectivity index (χ4n) is 3.03. The molecule has 3 rings (SSSR count). The average molecular weight is 324 g/mol. The molecule has 0 bridgehead atoms. The number of carbonyl (C=O) groups excluding carboxylic acids is 2. The van der Waals surface area contributed by atoms with Crippen LogP contribution in [0.2, 0.25) is 0 Å². The fraction of sp³-hybridized carbons (Fsp3) is 0.333. The summed E-state index contributed by atoms with van der Waals surface area (Å²) in [6.07, 6.45) is 4.90. The van der Waals surface area contributed by atoms with Crippen LogP contribution in [0.5, 0.6) is 0 Å². The Kier molecular flexibility index (Phi) is 4.29. The first kappa shape index (κ1) is 16.1. The van der Waals surface area contributed by atoms with Gasteiger partial charge in [0.15, 0.2) is 0 Å². The van der Waals surface area contributed by atoms with Gasteiger partial charge in [-0.2, -0.15) is 0 Å². The van der Waals surface area contributed by atoms with Crippen LogP contribution in [0.4, 0.5) is 5.69 Å². The third-order valence-corrected chi connectivity index (χ3v) is 4.45. The molecule has 0 spiro atoms. The first-order chi connectivity index (χ1) is 11.5. The Balaban J connectivity index is 1.99. The van der Waals surface area contributed by atoms with Crippen molar-refractivity contribution in [3.63, 3.8) is 0 Å². The molecule has 2 aromatic rings. The van der Waals surface area contributed by atoms with Gasteiger partial charge in [-0.25, -0.2) is 9.97 Å². The first-order valence-electron chi connectivity index (χ1n) is 8.00. The van der Waals surface area contributed by atoms with E-state index >= 15 is 0 Å². The number of aromatic nitrogens is 2. The highest BCUT2D eigenvalue weighted by Gasteiger charge is 2.24. The van der Waals surface area contributed by atoms with Gasteiger partial charge in [0.2, 0.25) is 11.8 Å². The molecule has 1 aromatic carbocycles. The summed E-state index contributed by atoms with van der Waals surface area (Å²) in [5.74, 6) is 0.205. The number of carbonyl (C=O) groups is 2. The molecule has 2 heterocycles. The first-order valence-corrected chi connectivity index (χ1v) is 8.00. The van der Waals surface area contributed by atoms with E-state index in [2.05, 4.69) is 9.97 Å². The summed E-state index contributed by atoms with van der Waals surface area (Å²) in [6, 6.07) is 5.45. The quantitative estimate of drug-likeness (QED) is 0.933. The smallest absolute Gasteiger partial charge is 0.249 e. The van der Waals surface area contributed by atoms with Crippen LogP contribution in [0.15, 0.2) is 30.6 Å². The lowest BCUT2D eigenvalue weighted by Crippen LogP contribution is -2.25. The lowest BCUT2D eigenvalue weighted by molar-refractivity contribution is -0.117. The Hall–Kier alpha value is -2.76. The largest absolute Gasteiger partial charge is 0.366 e. The summed E-state index contributed by atoms with van der Waals surface area (Å²) in [7, 11) is 0. The van der Waals surface area contributed by atoms with Crippen molar-refractivity contribution in [3.05, 3.63) is 53.1 Å². The summed E-state index contributed by atoms with van der Waals surface area (Å²) >= 11 is 0. The molecule has 0 saturated carbocycles. The van der Waals surface area contributed by atoms with E-state index < -0.39 is 5.91 Å². The minimum atomic E-state index is -0.502. The second-order valence-electron chi connectivity index (χ2n) is 6.07. The molecule has 6 nitrogen and oxygen atoms in total. The number of rotatable bonds is 4. The molecule has 0 aliphatic carbocycles. The van der Waals surface area contributed by atoms with Crippen LogP contribution in [0.25, 0.3) is 0 Å². The highest BCUT2D eigenvalue weighted by Crippen LogP contribution is 2.30. The van der Waals surface area contributed by atoms with Gasteiger partial charge in [-0.15, -0.1) is 0 Å². The number of benzene rings is 1. The Morgan fingerprint density at radius 2 is 2.00 bits per heavy atom. The molecule has 6 heteroatoms. The zero-order chi connectivity index (χ0) is 17.3. The highest BCUT2D eigenvalue weighted by molar-refractivity contribution is 5.99. The van der Waals surface area contributed by atoms with Crippen LogP contribution in [0.1, 0.15) is 53.0 Å². The fourth-order valence-corrected chi connectivity index (χ4v) is 3.03. The van der Waals surface area contributed by atoms with Crippen LogP contribution in [-0.2, 0) is 4.79 Å². The van der Waals surface area contributed by atoms with Gasteiger partial charge in [-0.1, -0.05) is 13.0 Å². The lowest BCUT2D eigenvalue weighted by atomic mass is 9.90. The molecule has 2 amide bonds. The maximum absolute atomic E-state index is 11.9. The van der Waals surface area contributed by atoms with E-state index in [0.717, 1.165) is 23.2 Å². The molecule has 1 atom stereocenters. The van der Waals surface area contributed by atoms with Crippen molar-refractivity contribution in [1.29, 1.82) is 0 Å². The Morgan fingerprint density at radius 1 is 1.29 bits per heavy atom. The maximum Gasteiger partial charge on any atom is 0.249 e. The predicted molar refractivity (Wildman–Crippen MR) is 90.8 cm³/mol. The number of primary amides is 1. The summed E-state index contributed by atoms with van der Waals surface area (Å²) in [6.45, 7) is 4.49. The zero-order valence-corrected chi connectivity index (χ0v) is 13.8. The van der Waals surface area contributed by atoms with Gasteiger partial charge in [-0.3, -0.25) is 9.59 Å². The third-order valence-electron chi connectivity index (χ3n) is 4.45. The number of amides is 2. The minimum absolute atomic E-state index is 0.0728. The molecule has 1 saturated heterocycles. The van der Waals surface area contributed by atoms with Gasteiger partial charge in [-0.05, 0) is 36.6 Å².